The monoisotopic (exact) mass is 356 g/mol. The molecule has 1 aromatic heterocycles. The number of aromatic nitrogens is 1. The Balaban J connectivity index is 1.95. The van der Waals surface area contributed by atoms with Crippen LogP contribution in [0.15, 0.2) is 54.6 Å². The maximum Gasteiger partial charge on any atom is 0.254 e. The lowest BCUT2D eigenvalue weighted by Gasteiger charge is -2.27. The van der Waals surface area contributed by atoms with E-state index < -0.39 is 5.82 Å². The van der Waals surface area contributed by atoms with E-state index >= 15 is 0 Å². The van der Waals surface area contributed by atoms with Crippen LogP contribution in [0.2, 0.25) is 5.15 Å². The normalized spacial score (nSPS) is 11.1. The second-order valence-electron chi connectivity index (χ2n) is 6.17. The number of pyridine rings is 1. The number of amides is 1. The molecule has 1 amide bonds. The van der Waals surface area contributed by atoms with E-state index in [9.17, 15) is 9.18 Å². The molecule has 2 aromatic carbocycles. The van der Waals surface area contributed by atoms with Gasteiger partial charge >= 0.3 is 0 Å². The average molecular weight is 357 g/mol. The first-order valence-electron chi connectivity index (χ1n) is 8.06. The number of carbonyl (C=O) groups excluding carboxylic acids is 1. The molecule has 5 heteroatoms. The van der Waals surface area contributed by atoms with Crippen molar-refractivity contribution < 1.29 is 9.18 Å². The van der Waals surface area contributed by atoms with Crippen molar-refractivity contribution in [2.75, 3.05) is 0 Å². The van der Waals surface area contributed by atoms with Crippen molar-refractivity contribution in [3.8, 4) is 0 Å². The van der Waals surface area contributed by atoms with E-state index in [1.807, 2.05) is 44.2 Å². The lowest BCUT2D eigenvalue weighted by Crippen LogP contribution is -2.36. The van der Waals surface area contributed by atoms with E-state index in [0.717, 1.165) is 16.5 Å². The number of fused-ring (bicyclic) bond motifs is 1. The first kappa shape index (κ1) is 17.4. The third-order valence-corrected chi connectivity index (χ3v) is 4.37. The van der Waals surface area contributed by atoms with Crippen LogP contribution in [0, 0.1) is 5.82 Å². The van der Waals surface area contributed by atoms with E-state index in [-0.39, 0.29) is 11.9 Å². The number of hydrogen-bond donors (Lipinski definition) is 0. The molecule has 0 aliphatic rings. The number of rotatable bonds is 4. The summed E-state index contributed by atoms with van der Waals surface area (Å²) < 4.78 is 13.5. The second-order valence-corrected chi connectivity index (χ2v) is 6.53. The molecule has 0 fully saturated rings. The highest BCUT2D eigenvalue weighted by Gasteiger charge is 2.21. The molecule has 1 heterocycles. The van der Waals surface area contributed by atoms with E-state index in [1.165, 1.54) is 18.2 Å². The molecule has 3 rings (SSSR count). The number of carbonyl (C=O) groups is 1. The molecular weight excluding hydrogens is 339 g/mol. The van der Waals surface area contributed by atoms with Gasteiger partial charge in [0.2, 0.25) is 0 Å². The smallest absolute Gasteiger partial charge is 0.254 e. The fraction of sp³-hybridized carbons (Fsp3) is 0.200. The summed E-state index contributed by atoms with van der Waals surface area (Å²) >= 11 is 6.32. The molecule has 25 heavy (non-hydrogen) atoms. The third kappa shape index (κ3) is 3.80. The Morgan fingerprint density at radius 2 is 1.92 bits per heavy atom. The minimum Gasteiger partial charge on any atom is -0.332 e. The minimum absolute atomic E-state index is 0.0710. The molecule has 128 valence electrons. The quantitative estimate of drug-likeness (QED) is 0.611. The summed E-state index contributed by atoms with van der Waals surface area (Å²) in [6.07, 6.45) is 0. The summed E-state index contributed by atoms with van der Waals surface area (Å²) in [7, 11) is 0. The van der Waals surface area contributed by atoms with Crippen LogP contribution < -0.4 is 0 Å². The van der Waals surface area contributed by atoms with Crippen LogP contribution in [0.4, 0.5) is 4.39 Å². The van der Waals surface area contributed by atoms with Crippen LogP contribution in [0.25, 0.3) is 10.9 Å². The average Bonchev–Trinajstić information content (AvgIpc) is 2.59. The Hall–Kier alpha value is -2.46. The predicted molar refractivity (Wildman–Crippen MR) is 98.2 cm³/mol. The Labute approximate surface area is 151 Å². The van der Waals surface area contributed by atoms with Gasteiger partial charge in [0.1, 0.15) is 11.0 Å². The molecule has 3 nitrogen and oxygen atoms in total. The van der Waals surface area contributed by atoms with Crippen LogP contribution in [-0.2, 0) is 6.54 Å². The van der Waals surface area contributed by atoms with Crippen LogP contribution in [0.5, 0.6) is 0 Å². The van der Waals surface area contributed by atoms with Crippen molar-refractivity contribution >= 4 is 28.4 Å². The maximum absolute atomic E-state index is 13.5. The number of benzene rings is 2. The van der Waals surface area contributed by atoms with E-state index in [4.69, 9.17) is 11.6 Å². The van der Waals surface area contributed by atoms with Gasteiger partial charge in [0.25, 0.3) is 5.91 Å². The van der Waals surface area contributed by atoms with Crippen LogP contribution in [0.1, 0.15) is 29.8 Å². The maximum atomic E-state index is 13.5. The van der Waals surface area contributed by atoms with Gasteiger partial charge in [-0.15, -0.1) is 0 Å². The SMILES string of the molecule is CC(C)N(Cc1cc2ccccc2nc1Cl)C(=O)c1cccc(F)c1. The standard InChI is InChI=1S/C20H18ClFN2O/c1-13(2)24(20(25)15-7-5-8-17(22)11-15)12-16-10-14-6-3-4-9-18(14)23-19(16)21/h3-11,13H,12H2,1-2H3. The summed E-state index contributed by atoms with van der Waals surface area (Å²) in [4.78, 5) is 18.9. The highest BCUT2D eigenvalue weighted by atomic mass is 35.5. The zero-order chi connectivity index (χ0) is 18.0. The number of para-hydroxylation sites is 1. The zero-order valence-corrected chi connectivity index (χ0v) is 14.8. The van der Waals surface area contributed by atoms with Gasteiger partial charge in [0, 0.05) is 29.1 Å². The highest BCUT2D eigenvalue weighted by molar-refractivity contribution is 6.30. The molecule has 0 saturated heterocycles. The molecule has 0 aliphatic carbocycles. The fourth-order valence-corrected chi connectivity index (χ4v) is 2.91. The van der Waals surface area contributed by atoms with Gasteiger partial charge in [0.15, 0.2) is 0 Å². The van der Waals surface area contributed by atoms with Gasteiger partial charge < -0.3 is 4.90 Å². The molecule has 0 radical (unpaired) electrons. The topological polar surface area (TPSA) is 33.2 Å². The predicted octanol–water partition coefficient (Wildman–Crippen LogP) is 5.08. The number of nitrogens with zero attached hydrogens (tertiary/aromatic N) is 2. The summed E-state index contributed by atoms with van der Waals surface area (Å²) in [5, 5.41) is 1.33. The zero-order valence-electron chi connectivity index (χ0n) is 14.0. The molecule has 0 bridgehead atoms. The number of halogens is 2. The van der Waals surface area contributed by atoms with Crippen molar-refractivity contribution in [3.05, 3.63) is 76.7 Å². The molecular formula is C20H18ClFN2O. The summed E-state index contributed by atoms with van der Waals surface area (Å²) in [6, 6.07) is 15.3. The van der Waals surface area contributed by atoms with Crippen molar-refractivity contribution in [1.82, 2.24) is 9.88 Å². The fourth-order valence-electron chi connectivity index (χ4n) is 2.71. The van der Waals surface area contributed by atoms with Gasteiger partial charge in [0.05, 0.1) is 5.52 Å². The molecule has 3 aromatic rings. The van der Waals surface area contributed by atoms with E-state index in [2.05, 4.69) is 4.98 Å². The van der Waals surface area contributed by atoms with Gasteiger partial charge in [-0.3, -0.25) is 4.79 Å². The lowest BCUT2D eigenvalue weighted by atomic mass is 10.1. The third-order valence-electron chi connectivity index (χ3n) is 4.05. The Bertz CT molecular complexity index is 926. The Morgan fingerprint density at radius 3 is 2.64 bits per heavy atom. The molecule has 0 spiro atoms. The highest BCUT2D eigenvalue weighted by Crippen LogP contribution is 2.23. The van der Waals surface area contributed by atoms with Gasteiger partial charge in [-0.05, 0) is 44.2 Å². The minimum atomic E-state index is -0.431. The molecule has 0 saturated carbocycles. The van der Waals surface area contributed by atoms with Crippen molar-refractivity contribution in [2.45, 2.75) is 26.4 Å². The summed E-state index contributed by atoms with van der Waals surface area (Å²) in [5.41, 5.74) is 1.89. The van der Waals surface area contributed by atoms with Crippen LogP contribution in [-0.4, -0.2) is 21.8 Å². The molecule has 0 unspecified atom stereocenters. The van der Waals surface area contributed by atoms with Crippen molar-refractivity contribution in [2.24, 2.45) is 0 Å². The molecule has 0 atom stereocenters. The summed E-state index contributed by atoms with van der Waals surface area (Å²) in [5.74, 6) is -0.668. The first-order valence-corrected chi connectivity index (χ1v) is 8.44. The van der Waals surface area contributed by atoms with Crippen molar-refractivity contribution in [3.63, 3.8) is 0 Å². The van der Waals surface area contributed by atoms with E-state index in [1.54, 1.807) is 11.0 Å². The Kier molecular flexibility index (Phi) is 5.00. The summed E-state index contributed by atoms with van der Waals surface area (Å²) in [6.45, 7) is 4.14. The van der Waals surface area contributed by atoms with Crippen molar-refractivity contribution in [1.29, 1.82) is 0 Å². The first-order chi connectivity index (χ1) is 12.0. The molecule has 0 N–H and O–H groups in total. The largest absolute Gasteiger partial charge is 0.332 e. The van der Waals surface area contributed by atoms with Gasteiger partial charge in [-0.1, -0.05) is 35.9 Å². The Morgan fingerprint density at radius 1 is 1.16 bits per heavy atom. The van der Waals surface area contributed by atoms with E-state index in [0.29, 0.717) is 17.3 Å². The van der Waals surface area contributed by atoms with Gasteiger partial charge in [-0.2, -0.15) is 0 Å². The second kappa shape index (κ2) is 7.19. The number of hydrogen-bond acceptors (Lipinski definition) is 2. The van der Waals surface area contributed by atoms with Gasteiger partial charge in [-0.25, -0.2) is 9.37 Å². The lowest BCUT2D eigenvalue weighted by molar-refractivity contribution is 0.0690. The van der Waals surface area contributed by atoms with Crippen LogP contribution >= 0.6 is 11.6 Å². The molecule has 0 aliphatic heterocycles. The van der Waals surface area contributed by atoms with Crippen LogP contribution in [0.3, 0.4) is 0 Å².